The Balaban J connectivity index is 1.97. The van der Waals surface area contributed by atoms with Gasteiger partial charge in [-0.15, -0.1) is 0 Å². The van der Waals surface area contributed by atoms with Crippen molar-refractivity contribution >= 4 is 12.0 Å². The van der Waals surface area contributed by atoms with Gasteiger partial charge in [-0.2, -0.15) is 0 Å². The van der Waals surface area contributed by atoms with Gasteiger partial charge in [0.2, 0.25) is 0 Å². The first kappa shape index (κ1) is 14.1. The Bertz CT molecular complexity index is 354. The van der Waals surface area contributed by atoms with Crippen LogP contribution in [0.5, 0.6) is 0 Å². The van der Waals surface area contributed by atoms with Crippen molar-refractivity contribution in [3.8, 4) is 0 Å². The van der Waals surface area contributed by atoms with Gasteiger partial charge in [0.25, 0.3) is 0 Å². The van der Waals surface area contributed by atoms with Crippen LogP contribution in [0.25, 0.3) is 0 Å². The highest BCUT2D eigenvalue weighted by Gasteiger charge is 2.41. The lowest BCUT2D eigenvalue weighted by Crippen LogP contribution is -2.50. The number of piperidine rings is 1. The second-order valence-corrected chi connectivity index (χ2v) is 5.29. The van der Waals surface area contributed by atoms with E-state index in [0.717, 1.165) is 12.8 Å². The number of amides is 2. The molecule has 2 rings (SSSR count). The van der Waals surface area contributed by atoms with Crippen molar-refractivity contribution in [2.75, 3.05) is 26.2 Å². The lowest BCUT2D eigenvalue weighted by molar-refractivity contribution is -0.141. The maximum absolute atomic E-state index is 12.3. The highest BCUT2D eigenvalue weighted by molar-refractivity contribution is 5.83. The predicted octanol–water partition coefficient (Wildman–Crippen LogP) is -0.669. The third kappa shape index (κ3) is 2.98. The molecule has 2 aliphatic heterocycles. The molecule has 2 atom stereocenters. The minimum Gasteiger partial charge on any atom is -0.480 e. The zero-order valence-electron chi connectivity index (χ0n) is 10.7. The monoisotopic (exact) mass is 272 g/mol. The Kier molecular flexibility index (Phi) is 4.26. The molecule has 0 bridgehead atoms. The summed E-state index contributed by atoms with van der Waals surface area (Å²) in [5.41, 5.74) is 0. The first-order valence-corrected chi connectivity index (χ1v) is 6.60. The van der Waals surface area contributed by atoms with Crippen LogP contribution in [0.2, 0.25) is 0 Å². The molecule has 2 saturated heterocycles. The lowest BCUT2D eigenvalue weighted by atomic mass is 9.98. The highest BCUT2D eigenvalue weighted by atomic mass is 16.4. The molecule has 2 aliphatic rings. The summed E-state index contributed by atoms with van der Waals surface area (Å²) >= 11 is 0. The molecular weight excluding hydrogens is 252 g/mol. The fraction of sp³-hybridized carbons (Fsp3) is 0.833. The van der Waals surface area contributed by atoms with Crippen molar-refractivity contribution in [3.05, 3.63) is 0 Å². The number of hydrogen-bond donors (Lipinski definition) is 3. The van der Waals surface area contributed by atoms with Crippen LogP contribution in [-0.4, -0.2) is 75.5 Å². The fourth-order valence-corrected chi connectivity index (χ4v) is 2.75. The Labute approximate surface area is 111 Å². The van der Waals surface area contributed by atoms with Gasteiger partial charge in [0.15, 0.2) is 0 Å². The van der Waals surface area contributed by atoms with Crippen LogP contribution in [0, 0.1) is 5.92 Å². The van der Waals surface area contributed by atoms with Crippen LogP contribution in [-0.2, 0) is 4.79 Å². The molecule has 0 aromatic carbocycles. The van der Waals surface area contributed by atoms with Gasteiger partial charge in [0.1, 0.15) is 6.04 Å². The van der Waals surface area contributed by atoms with Crippen LogP contribution in [0.4, 0.5) is 4.79 Å². The number of rotatable bonds is 2. The van der Waals surface area contributed by atoms with E-state index >= 15 is 0 Å². The molecule has 0 aliphatic carbocycles. The Morgan fingerprint density at radius 2 is 1.84 bits per heavy atom. The number of urea groups is 1. The zero-order chi connectivity index (χ0) is 14.0. The van der Waals surface area contributed by atoms with Crippen molar-refractivity contribution in [3.63, 3.8) is 0 Å². The smallest absolute Gasteiger partial charge is 0.326 e. The number of likely N-dealkylation sites (tertiary alicyclic amines) is 2. The normalized spacial score (nSPS) is 28.7. The van der Waals surface area contributed by atoms with Gasteiger partial charge in [-0.1, -0.05) is 0 Å². The predicted molar refractivity (Wildman–Crippen MR) is 65.5 cm³/mol. The first-order valence-electron chi connectivity index (χ1n) is 6.60. The van der Waals surface area contributed by atoms with E-state index in [4.69, 9.17) is 10.2 Å². The van der Waals surface area contributed by atoms with E-state index in [2.05, 4.69) is 0 Å². The molecule has 0 aromatic heterocycles. The van der Waals surface area contributed by atoms with Gasteiger partial charge in [-0.05, 0) is 18.8 Å². The molecule has 0 spiro atoms. The average Bonchev–Trinajstić information content (AvgIpc) is 2.80. The third-order valence-electron chi connectivity index (χ3n) is 3.95. The molecule has 3 N–H and O–H groups in total. The maximum atomic E-state index is 12.3. The molecule has 19 heavy (non-hydrogen) atoms. The second-order valence-electron chi connectivity index (χ2n) is 5.29. The molecule has 0 aromatic rings. The summed E-state index contributed by atoms with van der Waals surface area (Å²) < 4.78 is 0. The number of nitrogens with zero attached hydrogens (tertiary/aromatic N) is 2. The van der Waals surface area contributed by atoms with Crippen molar-refractivity contribution < 1.29 is 24.9 Å². The van der Waals surface area contributed by atoms with Gasteiger partial charge in [0, 0.05) is 32.7 Å². The summed E-state index contributed by atoms with van der Waals surface area (Å²) in [4.78, 5) is 26.2. The second kappa shape index (κ2) is 5.75. The summed E-state index contributed by atoms with van der Waals surface area (Å²) in [6.45, 7) is 1.27. The molecule has 0 saturated carbocycles. The number of aliphatic hydroxyl groups excluding tert-OH is 2. The van der Waals surface area contributed by atoms with E-state index in [-0.39, 0.29) is 31.5 Å². The number of aliphatic hydroxyl groups is 2. The maximum Gasteiger partial charge on any atom is 0.326 e. The molecule has 0 unspecified atom stereocenters. The topological polar surface area (TPSA) is 101 Å². The van der Waals surface area contributed by atoms with Gasteiger partial charge in [-0.3, -0.25) is 0 Å². The minimum absolute atomic E-state index is 0.0791. The molecular formula is C12H20N2O5. The number of carboxylic acids is 1. The molecule has 0 radical (unpaired) electrons. The van der Waals surface area contributed by atoms with E-state index in [9.17, 15) is 14.7 Å². The van der Waals surface area contributed by atoms with E-state index < -0.39 is 18.1 Å². The molecule has 108 valence electrons. The van der Waals surface area contributed by atoms with Crippen LogP contribution >= 0.6 is 0 Å². The quantitative estimate of drug-likeness (QED) is 0.619. The summed E-state index contributed by atoms with van der Waals surface area (Å²) in [6, 6.07) is -1.25. The van der Waals surface area contributed by atoms with E-state index in [1.165, 1.54) is 4.90 Å². The molecule has 2 heterocycles. The number of carbonyl (C=O) groups excluding carboxylic acids is 1. The van der Waals surface area contributed by atoms with E-state index in [1.807, 2.05) is 0 Å². The van der Waals surface area contributed by atoms with Gasteiger partial charge in [0.05, 0.1) is 6.10 Å². The van der Waals surface area contributed by atoms with Gasteiger partial charge < -0.3 is 25.1 Å². The largest absolute Gasteiger partial charge is 0.480 e. The van der Waals surface area contributed by atoms with Crippen molar-refractivity contribution in [1.29, 1.82) is 0 Å². The first-order chi connectivity index (χ1) is 9.02. The van der Waals surface area contributed by atoms with Crippen LogP contribution in [0.15, 0.2) is 0 Å². The number of β-amino-alcohol motifs (C(OH)–C–C–N with tert-alkyl or cyclic N) is 1. The molecule has 7 nitrogen and oxygen atoms in total. The molecule has 7 heteroatoms. The summed E-state index contributed by atoms with van der Waals surface area (Å²) in [6.07, 6.45) is 0.793. The molecule has 2 fully saturated rings. The van der Waals surface area contributed by atoms with Crippen LogP contribution < -0.4 is 0 Å². The Morgan fingerprint density at radius 1 is 1.21 bits per heavy atom. The zero-order valence-corrected chi connectivity index (χ0v) is 10.7. The van der Waals surface area contributed by atoms with Gasteiger partial charge >= 0.3 is 12.0 Å². The fourth-order valence-electron chi connectivity index (χ4n) is 2.75. The summed E-state index contributed by atoms with van der Waals surface area (Å²) in [5.74, 6) is -0.848. The van der Waals surface area contributed by atoms with Crippen molar-refractivity contribution in [2.24, 2.45) is 5.92 Å². The molecule has 2 amide bonds. The van der Waals surface area contributed by atoms with Crippen molar-refractivity contribution in [1.82, 2.24) is 9.80 Å². The third-order valence-corrected chi connectivity index (χ3v) is 3.95. The Morgan fingerprint density at radius 3 is 2.37 bits per heavy atom. The summed E-state index contributed by atoms with van der Waals surface area (Å²) in [5, 5.41) is 27.7. The average molecular weight is 272 g/mol. The summed E-state index contributed by atoms with van der Waals surface area (Å²) in [7, 11) is 0. The van der Waals surface area contributed by atoms with E-state index in [1.54, 1.807) is 4.90 Å². The lowest BCUT2D eigenvalue weighted by Gasteiger charge is -2.35. The van der Waals surface area contributed by atoms with Crippen molar-refractivity contribution in [2.45, 2.75) is 31.4 Å². The number of aliphatic carboxylic acids is 1. The number of hydrogen-bond acceptors (Lipinski definition) is 4. The minimum atomic E-state index is -1.07. The Hall–Kier alpha value is -1.34. The van der Waals surface area contributed by atoms with Gasteiger partial charge in [-0.25, -0.2) is 9.59 Å². The SMILES string of the molecule is O=C(O)[C@H]1C[C@@H](O)CN1C(=O)N1CCC(CO)CC1. The standard InChI is InChI=1S/C12H20N2O5/c15-7-8-1-3-13(4-2-8)12(19)14-6-9(16)5-10(14)11(17)18/h8-10,15-16H,1-7H2,(H,17,18)/t9-,10-/m1/s1. The number of carbonyl (C=O) groups is 2. The number of carboxylic acid groups (broad SMARTS) is 1. The van der Waals surface area contributed by atoms with E-state index in [0.29, 0.717) is 13.1 Å². The van der Waals surface area contributed by atoms with Crippen LogP contribution in [0.1, 0.15) is 19.3 Å². The highest BCUT2D eigenvalue weighted by Crippen LogP contribution is 2.23. The van der Waals surface area contributed by atoms with Crippen LogP contribution in [0.3, 0.4) is 0 Å².